The SMILES string of the molecule is CC.CCCNCc1cc2ncn(-c3cc(-c4ccc(F)cc4N(N)/C(C)=C\N)cc(C4CC4)n3)c(=O)c2[nH]1. The minimum absolute atomic E-state index is 0.236. The van der Waals surface area contributed by atoms with Gasteiger partial charge < -0.3 is 16.0 Å². The number of benzene rings is 1. The highest BCUT2D eigenvalue weighted by atomic mass is 19.1. The second-order valence-electron chi connectivity index (χ2n) is 9.40. The van der Waals surface area contributed by atoms with Crippen LogP contribution in [0.4, 0.5) is 10.1 Å². The van der Waals surface area contributed by atoms with Crippen molar-refractivity contribution in [2.24, 2.45) is 11.6 Å². The largest absolute Gasteiger partial charge is 0.403 e. The molecule has 1 aliphatic carbocycles. The second kappa shape index (κ2) is 12.2. The van der Waals surface area contributed by atoms with Crippen LogP contribution in [0.5, 0.6) is 0 Å². The quantitative estimate of drug-likeness (QED) is 0.138. The first-order valence-corrected chi connectivity index (χ1v) is 13.4. The summed E-state index contributed by atoms with van der Waals surface area (Å²) in [6.45, 7) is 9.36. The maximum Gasteiger partial charge on any atom is 0.283 e. The molecule has 0 atom stereocenters. The van der Waals surface area contributed by atoms with Gasteiger partial charge in [0, 0.05) is 41.3 Å². The van der Waals surface area contributed by atoms with Gasteiger partial charge in [0.2, 0.25) is 0 Å². The van der Waals surface area contributed by atoms with Crippen molar-refractivity contribution in [2.45, 2.75) is 59.4 Å². The molecule has 3 heterocycles. The molecule has 0 unspecified atom stereocenters. The van der Waals surface area contributed by atoms with Crippen LogP contribution in [0.15, 0.2) is 59.4 Å². The molecule has 0 amide bonds. The molecule has 9 nitrogen and oxygen atoms in total. The molecule has 0 spiro atoms. The lowest BCUT2D eigenvalue weighted by Crippen LogP contribution is -2.30. The number of hydrazine groups is 1. The number of nitrogens with one attached hydrogen (secondary N) is 2. The van der Waals surface area contributed by atoms with Crippen molar-refractivity contribution in [1.82, 2.24) is 24.8 Å². The lowest BCUT2D eigenvalue weighted by atomic mass is 10.0. The highest BCUT2D eigenvalue weighted by Crippen LogP contribution is 2.42. The number of hydrogen-bond acceptors (Lipinski definition) is 7. The molecule has 1 aliphatic rings. The lowest BCUT2D eigenvalue weighted by Gasteiger charge is -2.23. The number of pyridine rings is 1. The van der Waals surface area contributed by atoms with Crippen LogP contribution in [0.3, 0.4) is 0 Å². The Morgan fingerprint density at radius 3 is 2.72 bits per heavy atom. The Kier molecular flexibility index (Phi) is 8.78. The molecule has 1 saturated carbocycles. The zero-order valence-corrected chi connectivity index (χ0v) is 23.0. The van der Waals surface area contributed by atoms with Crippen molar-refractivity contribution in [3.63, 3.8) is 0 Å². The van der Waals surface area contributed by atoms with Crippen molar-refractivity contribution in [2.75, 3.05) is 11.6 Å². The van der Waals surface area contributed by atoms with Crippen LogP contribution in [-0.4, -0.2) is 26.1 Å². The first kappa shape index (κ1) is 28.0. The molecule has 10 heteroatoms. The summed E-state index contributed by atoms with van der Waals surface area (Å²) in [5.41, 5.74) is 10.7. The highest BCUT2D eigenvalue weighted by molar-refractivity contribution is 5.81. The van der Waals surface area contributed by atoms with E-state index in [0.29, 0.717) is 46.3 Å². The second-order valence-corrected chi connectivity index (χ2v) is 9.40. The Balaban J connectivity index is 0.00000172. The topological polar surface area (TPSA) is 131 Å². The summed E-state index contributed by atoms with van der Waals surface area (Å²) in [5, 5.41) is 4.68. The van der Waals surface area contributed by atoms with Crippen LogP contribution in [0, 0.1) is 5.82 Å². The highest BCUT2D eigenvalue weighted by Gasteiger charge is 2.27. The smallest absolute Gasteiger partial charge is 0.283 e. The minimum atomic E-state index is -0.419. The molecule has 4 aromatic rings. The average molecular weight is 533 g/mol. The summed E-state index contributed by atoms with van der Waals surface area (Å²) in [6.07, 6.45) is 5.95. The van der Waals surface area contributed by atoms with E-state index in [-0.39, 0.29) is 5.56 Å². The van der Waals surface area contributed by atoms with Crippen molar-refractivity contribution in [3.8, 4) is 16.9 Å². The summed E-state index contributed by atoms with van der Waals surface area (Å²) in [6, 6.07) is 10.1. The molecule has 0 aliphatic heterocycles. The molecular weight excluding hydrogens is 495 g/mol. The van der Waals surface area contributed by atoms with Crippen LogP contribution >= 0.6 is 0 Å². The molecule has 206 valence electrons. The number of aromatic nitrogens is 4. The van der Waals surface area contributed by atoms with E-state index in [9.17, 15) is 9.18 Å². The first-order chi connectivity index (χ1) is 18.9. The predicted octanol–water partition coefficient (Wildman–Crippen LogP) is 4.82. The maximum atomic E-state index is 14.2. The summed E-state index contributed by atoms with van der Waals surface area (Å²) in [4.78, 5) is 26.0. The Labute approximate surface area is 227 Å². The van der Waals surface area contributed by atoms with Gasteiger partial charge >= 0.3 is 0 Å². The Hall–Kier alpha value is -4.02. The number of halogens is 1. The van der Waals surface area contributed by atoms with Crippen LogP contribution in [0.2, 0.25) is 0 Å². The summed E-state index contributed by atoms with van der Waals surface area (Å²) in [7, 11) is 0. The van der Waals surface area contributed by atoms with Gasteiger partial charge in [-0.15, -0.1) is 0 Å². The van der Waals surface area contributed by atoms with E-state index in [1.807, 2.05) is 26.0 Å². The van der Waals surface area contributed by atoms with E-state index >= 15 is 0 Å². The van der Waals surface area contributed by atoms with Gasteiger partial charge in [-0.05, 0) is 74.7 Å². The molecule has 5 rings (SSSR count). The van der Waals surface area contributed by atoms with Gasteiger partial charge in [-0.1, -0.05) is 20.8 Å². The molecule has 3 aromatic heterocycles. The molecule has 1 aromatic carbocycles. The van der Waals surface area contributed by atoms with E-state index in [2.05, 4.69) is 22.2 Å². The fourth-order valence-corrected chi connectivity index (χ4v) is 4.34. The van der Waals surface area contributed by atoms with Crippen molar-refractivity contribution in [1.29, 1.82) is 0 Å². The fourth-order valence-electron chi connectivity index (χ4n) is 4.34. The maximum absolute atomic E-state index is 14.2. The predicted molar refractivity (Wildman–Crippen MR) is 155 cm³/mol. The standard InChI is InChI=1S/C27H31FN8O.C2H6/c1-3-8-31-14-20-12-23-26(33-20)27(37)35(15-32-23)25-10-18(9-22(34-25)17-4-5-17)21-7-6-19(28)11-24(21)36(30)16(2)13-29;1-2/h6-7,9-13,15,17,31,33H,3-5,8,14,29-30H2,1-2H3;1-2H3/b16-13-;. The molecule has 0 saturated heterocycles. The van der Waals surface area contributed by atoms with Gasteiger partial charge in [0.15, 0.2) is 0 Å². The number of nitrogens with two attached hydrogens (primary N) is 2. The Bertz CT molecular complexity index is 1540. The third kappa shape index (κ3) is 6.02. The molecule has 39 heavy (non-hydrogen) atoms. The number of aromatic amines is 1. The number of H-pyrrole nitrogens is 1. The molecule has 1 fully saturated rings. The fraction of sp³-hybridized carbons (Fsp3) is 0.345. The van der Waals surface area contributed by atoms with E-state index in [0.717, 1.165) is 42.8 Å². The van der Waals surface area contributed by atoms with Gasteiger partial charge in [-0.2, -0.15) is 0 Å². The minimum Gasteiger partial charge on any atom is -0.403 e. The van der Waals surface area contributed by atoms with Gasteiger partial charge in [-0.3, -0.25) is 9.80 Å². The van der Waals surface area contributed by atoms with Crippen LogP contribution < -0.4 is 27.5 Å². The van der Waals surface area contributed by atoms with E-state index in [1.54, 1.807) is 19.1 Å². The summed E-state index contributed by atoms with van der Waals surface area (Å²) < 4.78 is 15.7. The molecule has 0 radical (unpaired) electrons. The van der Waals surface area contributed by atoms with Crippen molar-refractivity contribution < 1.29 is 4.39 Å². The van der Waals surface area contributed by atoms with E-state index < -0.39 is 5.82 Å². The Morgan fingerprint density at radius 1 is 1.26 bits per heavy atom. The molecular formula is C29H37FN8O. The number of hydrogen-bond donors (Lipinski definition) is 4. The first-order valence-electron chi connectivity index (χ1n) is 13.4. The number of nitrogens with zero attached hydrogens (tertiary/aromatic N) is 4. The van der Waals surface area contributed by atoms with Gasteiger partial charge in [0.05, 0.1) is 11.2 Å². The average Bonchev–Trinajstić information content (AvgIpc) is 3.73. The third-order valence-electron chi connectivity index (χ3n) is 6.57. The molecule has 0 bridgehead atoms. The number of allylic oxidation sites excluding steroid dienone is 1. The molecule has 6 N–H and O–H groups in total. The van der Waals surface area contributed by atoms with Crippen LogP contribution in [0.1, 0.15) is 64.3 Å². The van der Waals surface area contributed by atoms with E-state index in [1.165, 1.54) is 34.2 Å². The normalized spacial score (nSPS) is 13.3. The monoisotopic (exact) mass is 532 g/mol. The van der Waals surface area contributed by atoms with Crippen LogP contribution in [-0.2, 0) is 6.54 Å². The van der Waals surface area contributed by atoms with Gasteiger partial charge in [-0.25, -0.2) is 24.8 Å². The lowest BCUT2D eigenvalue weighted by molar-refractivity contribution is 0.627. The third-order valence-corrected chi connectivity index (χ3v) is 6.57. The van der Waals surface area contributed by atoms with Crippen molar-refractivity contribution in [3.05, 3.63) is 82.2 Å². The Morgan fingerprint density at radius 2 is 2.03 bits per heavy atom. The zero-order chi connectivity index (χ0) is 28.1. The van der Waals surface area contributed by atoms with Gasteiger partial charge in [0.1, 0.15) is 23.5 Å². The van der Waals surface area contributed by atoms with Crippen molar-refractivity contribution >= 4 is 16.7 Å². The number of fused-ring (bicyclic) bond motifs is 1. The van der Waals surface area contributed by atoms with Gasteiger partial charge in [0.25, 0.3) is 5.56 Å². The zero-order valence-electron chi connectivity index (χ0n) is 23.0. The van der Waals surface area contributed by atoms with Crippen LogP contribution in [0.25, 0.3) is 28.0 Å². The summed E-state index contributed by atoms with van der Waals surface area (Å²) >= 11 is 0. The number of rotatable bonds is 9. The summed E-state index contributed by atoms with van der Waals surface area (Å²) in [5.74, 6) is 6.62. The number of anilines is 1. The van der Waals surface area contributed by atoms with E-state index in [4.69, 9.17) is 16.6 Å².